The fourth-order valence-corrected chi connectivity index (χ4v) is 2.91. The van der Waals surface area contributed by atoms with Crippen molar-refractivity contribution >= 4 is 5.91 Å². The van der Waals surface area contributed by atoms with Crippen LogP contribution in [-0.2, 0) is 17.9 Å². The number of carbonyl (C=O) groups excluding carboxylic acids is 1. The first kappa shape index (κ1) is 18.6. The lowest BCUT2D eigenvalue weighted by molar-refractivity contribution is -0.122. The van der Waals surface area contributed by atoms with Crippen LogP contribution < -0.4 is 10.1 Å². The van der Waals surface area contributed by atoms with Crippen LogP contribution in [0, 0.1) is 0 Å². The maximum Gasteiger partial charge on any atom is 0.227 e. The van der Waals surface area contributed by atoms with Crippen molar-refractivity contribution in [2.75, 3.05) is 0 Å². The van der Waals surface area contributed by atoms with E-state index in [9.17, 15) is 4.79 Å². The number of amides is 1. The highest BCUT2D eigenvalue weighted by molar-refractivity contribution is 5.83. The summed E-state index contributed by atoms with van der Waals surface area (Å²) in [6.07, 6.45) is 2.53. The van der Waals surface area contributed by atoms with Gasteiger partial charge in [0, 0.05) is 12.7 Å². The van der Waals surface area contributed by atoms with Crippen LogP contribution in [0.15, 0.2) is 79.0 Å². The molecule has 0 aliphatic carbocycles. The van der Waals surface area contributed by atoms with E-state index in [0.717, 1.165) is 29.0 Å². The Morgan fingerprint density at radius 1 is 1.00 bits per heavy atom. The molecule has 0 aliphatic rings. The van der Waals surface area contributed by atoms with E-state index in [1.54, 1.807) is 6.20 Å². The number of hydrogen-bond donors (Lipinski definition) is 1. The van der Waals surface area contributed by atoms with Crippen molar-refractivity contribution in [2.24, 2.45) is 0 Å². The molecule has 1 N–H and O–H groups in total. The van der Waals surface area contributed by atoms with Gasteiger partial charge < -0.3 is 10.1 Å². The molecule has 1 amide bonds. The van der Waals surface area contributed by atoms with Crippen LogP contribution in [0.25, 0.3) is 0 Å². The first-order valence-corrected chi connectivity index (χ1v) is 9.20. The molecule has 0 saturated carbocycles. The van der Waals surface area contributed by atoms with Crippen molar-refractivity contribution in [2.45, 2.75) is 32.4 Å². The van der Waals surface area contributed by atoms with Crippen LogP contribution in [0.1, 0.15) is 36.1 Å². The molecule has 0 saturated heterocycles. The second kappa shape index (κ2) is 9.53. The minimum Gasteiger partial charge on any atom is -0.487 e. The van der Waals surface area contributed by atoms with Gasteiger partial charge in [0.25, 0.3) is 0 Å². The third kappa shape index (κ3) is 5.42. The van der Waals surface area contributed by atoms with Gasteiger partial charge in [0.15, 0.2) is 0 Å². The summed E-state index contributed by atoms with van der Waals surface area (Å²) in [5.41, 5.74) is 2.98. The Morgan fingerprint density at radius 2 is 1.74 bits per heavy atom. The standard InChI is InChI=1S/C23H24N2O2/c1-2-22(19-8-4-3-5-9-19)23(26)25-16-18-11-13-21(14-12-18)27-17-20-10-6-7-15-24-20/h3-15,22H,2,16-17H2,1H3,(H,25,26). The van der Waals surface area contributed by atoms with Crippen LogP contribution in [0.5, 0.6) is 5.75 Å². The third-order valence-corrected chi connectivity index (χ3v) is 4.43. The molecule has 0 aliphatic heterocycles. The summed E-state index contributed by atoms with van der Waals surface area (Å²) in [6.45, 7) is 2.97. The average molecular weight is 360 g/mol. The van der Waals surface area contributed by atoms with Crippen molar-refractivity contribution < 1.29 is 9.53 Å². The number of pyridine rings is 1. The number of benzene rings is 2. The Hall–Kier alpha value is -3.14. The van der Waals surface area contributed by atoms with Crippen LogP contribution in [0.2, 0.25) is 0 Å². The Balaban J connectivity index is 1.51. The van der Waals surface area contributed by atoms with E-state index >= 15 is 0 Å². The lowest BCUT2D eigenvalue weighted by Crippen LogP contribution is -2.28. The van der Waals surface area contributed by atoms with Gasteiger partial charge in [0.05, 0.1) is 11.6 Å². The average Bonchev–Trinajstić information content (AvgIpc) is 2.73. The van der Waals surface area contributed by atoms with E-state index in [4.69, 9.17) is 4.74 Å². The first-order valence-electron chi connectivity index (χ1n) is 9.20. The molecule has 1 atom stereocenters. The first-order chi connectivity index (χ1) is 13.3. The molecule has 3 rings (SSSR count). The van der Waals surface area contributed by atoms with Crippen molar-refractivity contribution in [1.82, 2.24) is 10.3 Å². The molecule has 27 heavy (non-hydrogen) atoms. The fourth-order valence-electron chi connectivity index (χ4n) is 2.91. The SMILES string of the molecule is CCC(C(=O)NCc1ccc(OCc2ccccn2)cc1)c1ccccc1. The molecule has 2 aromatic carbocycles. The normalized spacial score (nSPS) is 11.6. The van der Waals surface area contributed by atoms with Gasteiger partial charge in [-0.05, 0) is 41.8 Å². The highest BCUT2D eigenvalue weighted by atomic mass is 16.5. The summed E-state index contributed by atoms with van der Waals surface area (Å²) in [5, 5.41) is 3.04. The summed E-state index contributed by atoms with van der Waals surface area (Å²) >= 11 is 0. The lowest BCUT2D eigenvalue weighted by atomic mass is 9.95. The highest BCUT2D eigenvalue weighted by Gasteiger charge is 2.17. The van der Waals surface area contributed by atoms with Crippen LogP contribution >= 0.6 is 0 Å². The van der Waals surface area contributed by atoms with Gasteiger partial charge in [-0.3, -0.25) is 9.78 Å². The molecule has 1 unspecified atom stereocenters. The zero-order valence-electron chi connectivity index (χ0n) is 15.5. The molecule has 1 aromatic heterocycles. The molecule has 0 radical (unpaired) electrons. The van der Waals surface area contributed by atoms with Gasteiger partial charge in [0.2, 0.25) is 5.91 Å². The Bertz CT molecular complexity index is 833. The second-order valence-electron chi connectivity index (χ2n) is 6.34. The summed E-state index contributed by atoms with van der Waals surface area (Å²) in [5.74, 6) is 0.720. The minimum atomic E-state index is -0.118. The molecule has 1 heterocycles. The number of rotatable bonds is 8. The van der Waals surface area contributed by atoms with Gasteiger partial charge in [-0.2, -0.15) is 0 Å². The molecule has 0 fully saturated rings. The number of ether oxygens (including phenoxy) is 1. The summed E-state index contributed by atoms with van der Waals surface area (Å²) in [6, 6.07) is 23.4. The summed E-state index contributed by atoms with van der Waals surface area (Å²) < 4.78 is 5.74. The van der Waals surface area contributed by atoms with Crippen molar-refractivity contribution in [3.05, 3.63) is 95.8 Å². The Labute approximate surface area is 160 Å². The number of nitrogens with one attached hydrogen (secondary N) is 1. The Kier molecular flexibility index (Phi) is 6.58. The minimum absolute atomic E-state index is 0.0548. The number of hydrogen-bond acceptors (Lipinski definition) is 3. The van der Waals surface area contributed by atoms with Crippen LogP contribution in [-0.4, -0.2) is 10.9 Å². The topological polar surface area (TPSA) is 51.2 Å². The maximum absolute atomic E-state index is 12.5. The van der Waals surface area contributed by atoms with Crippen molar-refractivity contribution in [1.29, 1.82) is 0 Å². The quantitative estimate of drug-likeness (QED) is 0.645. The lowest BCUT2D eigenvalue weighted by Gasteiger charge is -2.15. The zero-order valence-corrected chi connectivity index (χ0v) is 15.5. The molecular formula is C23H24N2O2. The van der Waals surface area contributed by atoms with E-state index in [-0.39, 0.29) is 11.8 Å². The largest absolute Gasteiger partial charge is 0.487 e. The van der Waals surface area contributed by atoms with Crippen molar-refractivity contribution in [3.8, 4) is 5.75 Å². The maximum atomic E-state index is 12.5. The highest BCUT2D eigenvalue weighted by Crippen LogP contribution is 2.20. The van der Waals surface area contributed by atoms with Gasteiger partial charge in [-0.15, -0.1) is 0 Å². The van der Waals surface area contributed by atoms with Gasteiger partial charge in [0.1, 0.15) is 12.4 Å². The number of aromatic nitrogens is 1. The molecule has 4 heteroatoms. The van der Waals surface area contributed by atoms with E-state index in [2.05, 4.69) is 10.3 Å². The Morgan fingerprint density at radius 3 is 2.41 bits per heavy atom. The second-order valence-corrected chi connectivity index (χ2v) is 6.34. The summed E-state index contributed by atoms with van der Waals surface area (Å²) in [7, 11) is 0. The number of nitrogens with zero attached hydrogens (tertiary/aromatic N) is 1. The van der Waals surface area contributed by atoms with Crippen molar-refractivity contribution in [3.63, 3.8) is 0 Å². The van der Waals surface area contributed by atoms with Gasteiger partial charge >= 0.3 is 0 Å². The van der Waals surface area contributed by atoms with E-state index < -0.39 is 0 Å². The molecule has 0 spiro atoms. The van der Waals surface area contributed by atoms with Crippen LogP contribution in [0.4, 0.5) is 0 Å². The zero-order chi connectivity index (χ0) is 18.9. The molecule has 4 nitrogen and oxygen atoms in total. The van der Waals surface area contributed by atoms with E-state index in [1.165, 1.54) is 0 Å². The molecular weight excluding hydrogens is 336 g/mol. The van der Waals surface area contributed by atoms with Crippen LogP contribution in [0.3, 0.4) is 0 Å². The summed E-state index contributed by atoms with van der Waals surface area (Å²) in [4.78, 5) is 16.8. The predicted molar refractivity (Wildman–Crippen MR) is 106 cm³/mol. The monoisotopic (exact) mass is 360 g/mol. The fraction of sp³-hybridized carbons (Fsp3) is 0.217. The molecule has 0 bridgehead atoms. The molecule has 138 valence electrons. The number of carbonyl (C=O) groups is 1. The van der Waals surface area contributed by atoms with E-state index in [1.807, 2.05) is 79.7 Å². The van der Waals surface area contributed by atoms with Gasteiger partial charge in [-0.25, -0.2) is 0 Å². The molecule has 3 aromatic rings. The smallest absolute Gasteiger partial charge is 0.227 e. The third-order valence-electron chi connectivity index (χ3n) is 4.43. The van der Waals surface area contributed by atoms with E-state index in [0.29, 0.717) is 13.2 Å². The van der Waals surface area contributed by atoms with Gasteiger partial charge in [-0.1, -0.05) is 55.5 Å². The predicted octanol–water partition coefficient (Wildman–Crippen LogP) is 4.47.